The van der Waals surface area contributed by atoms with Crippen molar-refractivity contribution in [1.29, 1.82) is 0 Å². The summed E-state index contributed by atoms with van der Waals surface area (Å²) in [5, 5.41) is 0. The van der Waals surface area contributed by atoms with Gasteiger partial charge in [-0.3, -0.25) is 4.79 Å². The Balaban J connectivity index is 4.39. The fourth-order valence-electron chi connectivity index (χ4n) is 1.18. The summed E-state index contributed by atoms with van der Waals surface area (Å²) >= 11 is 0. The monoisotopic (exact) mass is 250 g/mol. The van der Waals surface area contributed by atoms with E-state index in [2.05, 4.69) is 0 Å². The summed E-state index contributed by atoms with van der Waals surface area (Å²) in [6.07, 6.45) is 0.435. The highest BCUT2D eigenvalue weighted by Crippen LogP contribution is 2.11. The van der Waals surface area contributed by atoms with Gasteiger partial charge in [0, 0.05) is 26.2 Å². The normalized spacial score (nSPS) is 11.5. The molecule has 96 valence electrons. The Labute approximate surface area is 98.4 Å². The van der Waals surface area contributed by atoms with Crippen molar-refractivity contribution in [2.75, 3.05) is 26.1 Å². The molecular formula is C10H22O5Si. The number of carbonyl (C=O) groups is 1. The molecule has 0 heterocycles. The molecule has 0 aliphatic rings. The first-order chi connectivity index (χ1) is 7.64. The predicted octanol–water partition coefficient (Wildman–Crippen LogP) is 1.53. The fourth-order valence-corrected chi connectivity index (χ4v) is 3.34. The summed E-state index contributed by atoms with van der Waals surface area (Å²) in [6, 6.07) is 0. The van der Waals surface area contributed by atoms with Crippen molar-refractivity contribution in [2.45, 2.75) is 34.1 Å². The van der Waals surface area contributed by atoms with Gasteiger partial charge in [-0.15, -0.1) is 0 Å². The van der Waals surface area contributed by atoms with Gasteiger partial charge in [-0.1, -0.05) is 6.92 Å². The van der Waals surface area contributed by atoms with Crippen LogP contribution in [0.4, 0.5) is 0 Å². The van der Waals surface area contributed by atoms with Crippen LogP contribution in [0.5, 0.6) is 0 Å². The molecule has 0 aliphatic carbocycles. The van der Waals surface area contributed by atoms with Crippen LogP contribution in [0.3, 0.4) is 0 Å². The van der Waals surface area contributed by atoms with Gasteiger partial charge in [0.05, 0.1) is 0 Å². The van der Waals surface area contributed by atoms with Crippen LogP contribution in [0, 0.1) is 0 Å². The van der Waals surface area contributed by atoms with E-state index < -0.39 is 8.80 Å². The lowest BCUT2D eigenvalue weighted by Crippen LogP contribution is -2.51. The average molecular weight is 250 g/mol. The number of esters is 1. The molecule has 0 amide bonds. The van der Waals surface area contributed by atoms with E-state index in [1.54, 1.807) is 6.92 Å². The zero-order valence-electron chi connectivity index (χ0n) is 10.6. The lowest BCUT2D eigenvalue weighted by molar-refractivity contribution is -0.143. The maximum atomic E-state index is 11.1. The molecule has 0 aromatic heterocycles. The molecule has 0 aliphatic heterocycles. The van der Waals surface area contributed by atoms with Gasteiger partial charge in [0.25, 0.3) is 0 Å². The summed E-state index contributed by atoms with van der Waals surface area (Å²) in [7, 11) is -2.82. The van der Waals surface area contributed by atoms with E-state index in [0.717, 1.165) is 0 Å². The average Bonchev–Trinajstić information content (AvgIpc) is 2.27. The smallest absolute Gasteiger partial charge is 0.461 e. The quantitative estimate of drug-likeness (QED) is 0.459. The third kappa shape index (κ3) is 5.60. The summed E-state index contributed by atoms with van der Waals surface area (Å²) in [4.78, 5) is 11.1. The molecule has 0 rings (SSSR count). The first kappa shape index (κ1) is 15.6. The first-order valence-corrected chi connectivity index (χ1v) is 7.64. The van der Waals surface area contributed by atoms with Crippen LogP contribution in [-0.2, 0) is 22.8 Å². The third-order valence-corrected chi connectivity index (χ3v) is 4.47. The molecule has 0 spiro atoms. The Morgan fingerprint density at radius 2 is 1.38 bits per heavy atom. The molecule has 0 aromatic carbocycles. The second-order valence-corrected chi connectivity index (χ2v) is 5.52. The highest BCUT2D eigenvalue weighted by atomic mass is 28.4. The Hall–Kier alpha value is -0.433. The maximum Gasteiger partial charge on any atom is 0.540 e. The van der Waals surface area contributed by atoms with Gasteiger partial charge in [0.1, 0.15) is 0 Å². The van der Waals surface area contributed by atoms with E-state index in [4.69, 9.17) is 18.0 Å². The second kappa shape index (κ2) is 8.69. The van der Waals surface area contributed by atoms with E-state index in [-0.39, 0.29) is 12.2 Å². The van der Waals surface area contributed by atoms with Gasteiger partial charge >= 0.3 is 14.8 Å². The second-order valence-electron chi connectivity index (χ2n) is 3.00. The van der Waals surface area contributed by atoms with Crippen LogP contribution >= 0.6 is 0 Å². The van der Waals surface area contributed by atoms with Gasteiger partial charge in [-0.2, -0.15) is 0 Å². The van der Waals surface area contributed by atoms with Crippen molar-refractivity contribution in [3.8, 4) is 0 Å². The SMILES string of the molecule is CCO[Si](COC(=O)CC)(OCC)OCC. The van der Waals surface area contributed by atoms with Gasteiger partial charge in [0.15, 0.2) is 6.23 Å². The Kier molecular flexibility index (Phi) is 8.45. The van der Waals surface area contributed by atoms with Crippen LogP contribution in [0.15, 0.2) is 0 Å². The number of hydrogen-bond acceptors (Lipinski definition) is 5. The molecule has 0 fully saturated rings. The zero-order valence-corrected chi connectivity index (χ0v) is 11.6. The summed E-state index contributed by atoms with van der Waals surface area (Å²) in [5.41, 5.74) is 0. The largest absolute Gasteiger partial charge is 0.540 e. The van der Waals surface area contributed by atoms with Crippen molar-refractivity contribution in [2.24, 2.45) is 0 Å². The first-order valence-electron chi connectivity index (χ1n) is 5.71. The van der Waals surface area contributed by atoms with Gasteiger partial charge in [-0.25, -0.2) is 0 Å². The molecule has 0 radical (unpaired) electrons. The maximum absolute atomic E-state index is 11.1. The highest BCUT2D eigenvalue weighted by Gasteiger charge is 2.42. The predicted molar refractivity (Wildman–Crippen MR) is 61.9 cm³/mol. The lowest BCUT2D eigenvalue weighted by Gasteiger charge is -2.27. The molecule has 0 aromatic rings. The molecule has 0 bridgehead atoms. The molecule has 0 N–H and O–H groups in total. The summed E-state index contributed by atoms with van der Waals surface area (Å²) < 4.78 is 21.6. The molecule has 16 heavy (non-hydrogen) atoms. The molecule has 0 saturated carbocycles. The standard InChI is InChI=1S/C10H22O5Si/c1-5-10(11)12-9-16(13-6-2,14-7-3)15-8-4/h5-9H2,1-4H3. The molecule has 5 nitrogen and oxygen atoms in total. The number of rotatable bonds is 9. The number of hydrogen-bond donors (Lipinski definition) is 0. The van der Waals surface area contributed by atoms with E-state index in [0.29, 0.717) is 26.2 Å². The minimum absolute atomic E-state index is 0.0925. The van der Waals surface area contributed by atoms with Crippen molar-refractivity contribution in [3.63, 3.8) is 0 Å². The fraction of sp³-hybridized carbons (Fsp3) is 0.900. The Morgan fingerprint density at radius 3 is 1.69 bits per heavy atom. The molecule has 0 unspecified atom stereocenters. The number of ether oxygens (including phenoxy) is 1. The van der Waals surface area contributed by atoms with Crippen LogP contribution in [0.25, 0.3) is 0 Å². The Bertz CT molecular complexity index is 181. The van der Waals surface area contributed by atoms with Crippen molar-refractivity contribution < 1.29 is 22.8 Å². The summed E-state index contributed by atoms with van der Waals surface area (Å²) in [5.74, 6) is -0.268. The van der Waals surface area contributed by atoms with Crippen LogP contribution in [0.2, 0.25) is 0 Å². The minimum atomic E-state index is -2.82. The number of carbonyl (C=O) groups excluding carboxylic acids is 1. The van der Waals surface area contributed by atoms with E-state index in [1.807, 2.05) is 20.8 Å². The molecular weight excluding hydrogens is 228 g/mol. The topological polar surface area (TPSA) is 54.0 Å². The van der Waals surface area contributed by atoms with Crippen LogP contribution < -0.4 is 0 Å². The third-order valence-electron chi connectivity index (χ3n) is 1.79. The van der Waals surface area contributed by atoms with E-state index >= 15 is 0 Å². The van der Waals surface area contributed by atoms with Crippen LogP contribution in [-0.4, -0.2) is 40.8 Å². The van der Waals surface area contributed by atoms with E-state index in [9.17, 15) is 4.79 Å². The Morgan fingerprint density at radius 1 is 0.938 bits per heavy atom. The van der Waals surface area contributed by atoms with Gasteiger partial charge in [-0.05, 0) is 20.8 Å². The highest BCUT2D eigenvalue weighted by molar-refractivity contribution is 6.60. The van der Waals surface area contributed by atoms with Gasteiger partial charge < -0.3 is 18.0 Å². The van der Waals surface area contributed by atoms with Crippen molar-refractivity contribution in [1.82, 2.24) is 0 Å². The van der Waals surface area contributed by atoms with Gasteiger partial charge in [0.2, 0.25) is 0 Å². The van der Waals surface area contributed by atoms with E-state index in [1.165, 1.54) is 0 Å². The minimum Gasteiger partial charge on any atom is -0.461 e. The molecule has 0 atom stereocenters. The molecule has 0 saturated heterocycles. The van der Waals surface area contributed by atoms with Crippen LogP contribution in [0.1, 0.15) is 34.1 Å². The molecule has 6 heteroatoms. The summed E-state index contributed by atoms with van der Waals surface area (Å²) in [6.45, 7) is 8.78. The lowest BCUT2D eigenvalue weighted by atomic mass is 10.5. The zero-order chi connectivity index (χ0) is 12.4. The van der Waals surface area contributed by atoms with Crippen molar-refractivity contribution >= 4 is 14.8 Å². The van der Waals surface area contributed by atoms with Crippen molar-refractivity contribution in [3.05, 3.63) is 0 Å².